The third-order valence-corrected chi connectivity index (χ3v) is 4.33. The van der Waals surface area contributed by atoms with Crippen LogP contribution in [0.4, 0.5) is 5.69 Å². The monoisotopic (exact) mass is 280 g/mol. The van der Waals surface area contributed by atoms with Gasteiger partial charge in [0.25, 0.3) is 0 Å². The minimum Gasteiger partial charge on any atom is -0.370 e. The molecule has 0 aliphatic carbocycles. The zero-order chi connectivity index (χ0) is 13.8. The number of para-hydroxylation sites is 1. The van der Waals surface area contributed by atoms with E-state index in [1.165, 1.54) is 30.5 Å². The maximum absolute atomic E-state index is 6.45. The van der Waals surface area contributed by atoms with E-state index in [0.29, 0.717) is 0 Å². The number of hydrogen-bond acceptors (Lipinski definition) is 2. The summed E-state index contributed by atoms with van der Waals surface area (Å²) >= 11 is 6.45. The van der Waals surface area contributed by atoms with E-state index in [4.69, 9.17) is 17.3 Å². The molecule has 1 fully saturated rings. The van der Waals surface area contributed by atoms with Crippen LogP contribution in [0.2, 0.25) is 5.02 Å². The van der Waals surface area contributed by atoms with Gasteiger partial charge in [-0.3, -0.25) is 0 Å². The Morgan fingerprint density at radius 3 is 2.95 bits per heavy atom. The second-order valence-electron chi connectivity index (χ2n) is 5.79. The Hall–Kier alpha value is -0.730. The Labute approximate surface area is 121 Å². The molecule has 0 saturated carbocycles. The van der Waals surface area contributed by atoms with Crippen LogP contribution >= 0.6 is 11.6 Å². The van der Waals surface area contributed by atoms with E-state index in [0.717, 1.165) is 30.5 Å². The Morgan fingerprint density at radius 1 is 1.47 bits per heavy atom. The zero-order valence-corrected chi connectivity index (χ0v) is 12.8. The Balaban J connectivity index is 2.26. The highest BCUT2D eigenvalue weighted by Crippen LogP contribution is 2.34. The van der Waals surface area contributed by atoms with Crippen molar-refractivity contribution in [3.05, 3.63) is 28.8 Å². The van der Waals surface area contributed by atoms with Crippen molar-refractivity contribution in [1.29, 1.82) is 0 Å². The third-order valence-electron chi connectivity index (χ3n) is 4.02. The van der Waals surface area contributed by atoms with Crippen molar-refractivity contribution >= 4 is 17.3 Å². The lowest BCUT2D eigenvalue weighted by molar-refractivity contribution is 0.404. The number of halogens is 1. The molecule has 0 bridgehead atoms. The van der Waals surface area contributed by atoms with Gasteiger partial charge in [0.15, 0.2) is 0 Å². The van der Waals surface area contributed by atoms with Crippen LogP contribution in [0, 0.1) is 5.92 Å². The number of nitrogens with two attached hydrogens (primary N) is 1. The number of benzene rings is 1. The molecule has 2 rings (SSSR count). The van der Waals surface area contributed by atoms with E-state index < -0.39 is 0 Å². The topological polar surface area (TPSA) is 29.3 Å². The van der Waals surface area contributed by atoms with Gasteiger partial charge in [-0.1, -0.05) is 37.1 Å². The van der Waals surface area contributed by atoms with Crippen molar-refractivity contribution in [1.82, 2.24) is 0 Å². The van der Waals surface area contributed by atoms with Crippen molar-refractivity contribution in [2.75, 3.05) is 18.0 Å². The molecule has 0 radical (unpaired) electrons. The van der Waals surface area contributed by atoms with Gasteiger partial charge >= 0.3 is 0 Å². The summed E-state index contributed by atoms with van der Waals surface area (Å²) in [4.78, 5) is 2.47. The van der Waals surface area contributed by atoms with Gasteiger partial charge in [0, 0.05) is 19.1 Å². The molecule has 0 aromatic heterocycles. The van der Waals surface area contributed by atoms with Crippen LogP contribution in [0.5, 0.6) is 0 Å². The average Bonchev–Trinajstić information content (AvgIpc) is 2.38. The average molecular weight is 281 g/mol. The molecule has 2 nitrogen and oxygen atoms in total. The second-order valence-corrected chi connectivity index (χ2v) is 6.20. The van der Waals surface area contributed by atoms with E-state index in [9.17, 15) is 0 Å². The normalized spacial score (nSPS) is 21.5. The lowest BCUT2D eigenvalue weighted by atomic mass is 9.94. The molecule has 3 heteroatoms. The van der Waals surface area contributed by atoms with Gasteiger partial charge in [-0.15, -0.1) is 0 Å². The van der Waals surface area contributed by atoms with Gasteiger partial charge in [0.1, 0.15) is 0 Å². The highest BCUT2D eigenvalue weighted by molar-refractivity contribution is 6.33. The SMILES string of the molecule is CCC1CCCN(c2c(Cl)cccc2CC(C)N)C1. The molecule has 2 N–H and O–H groups in total. The molecule has 2 unspecified atom stereocenters. The molecule has 1 saturated heterocycles. The smallest absolute Gasteiger partial charge is 0.0642 e. The minimum absolute atomic E-state index is 0.170. The molecule has 106 valence electrons. The largest absolute Gasteiger partial charge is 0.370 e. The fourth-order valence-corrected chi connectivity index (χ4v) is 3.34. The zero-order valence-electron chi connectivity index (χ0n) is 12.0. The van der Waals surface area contributed by atoms with Gasteiger partial charge in [0.05, 0.1) is 10.7 Å². The first-order valence-electron chi connectivity index (χ1n) is 7.39. The quantitative estimate of drug-likeness (QED) is 0.907. The van der Waals surface area contributed by atoms with Crippen molar-refractivity contribution in [2.24, 2.45) is 11.7 Å². The first kappa shape index (κ1) is 14.7. The molecular formula is C16H25ClN2. The fraction of sp³-hybridized carbons (Fsp3) is 0.625. The maximum atomic E-state index is 6.45. The molecule has 1 aromatic carbocycles. The van der Waals surface area contributed by atoms with E-state index in [1.54, 1.807) is 0 Å². The van der Waals surface area contributed by atoms with Crippen molar-refractivity contribution in [2.45, 2.75) is 45.6 Å². The number of hydrogen-bond donors (Lipinski definition) is 1. The van der Waals surface area contributed by atoms with E-state index >= 15 is 0 Å². The summed E-state index contributed by atoms with van der Waals surface area (Å²) in [6.07, 6.45) is 4.76. The number of anilines is 1. The third kappa shape index (κ3) is 3.64. The predicted octanol–water partition coefficient (Wildman–Crippen LogP) is 3.86. The summed E-state index contributed by atoms with van der Waals surface area (Å²) in [7, 11) is 0. The molecular weight excluding hydrogens is 256 g/mol. The highest BCUT2D eigenvalue weighted by Gasteiger charge is 2.22. The second kappa shape index (κ2) is 6.62. The Kier molecular flexibility index (Phi) is 5.12. The van der Waals surface area contributed by atoms with Crippen LogP contribution in [0.25, 0.3) is 0 Å². The maximum Gasteiger partial charge on any atom is 0.0642 e. The Bertz CT molecular complexity index is 417. The van der Waals surface area contributed by atoms with Crippen LogP contribution < -0.4 is 10.6 Å². The van der Waals surface area contributed by atoms with Crippen LogP contribution in [0.15, 0.2) is 18.2 Å². The molecule has 1 aromatic rings. The molecule has 1 aliphatic heterocycles. The van der Waals surface area contributed by atoms with E-state index in [1.807, 2.05) is 12.1 Å². The van der Waals surface area contributed by atoms with Crippen LogP contribution in [-0.4, -0.2) is 19.1 Å². The fourth-order valence-electron chi connectivity index (χ4n) is 3.03. The molecule has 0 amide bonds. The number of piperidine rings is 1. The first-order valence-corrected chi connectivity index (χ1v) is 7.77. The Morgan fingerprint density at radius 2 is 2.26 bits per heavy atom. The standard InChI is InChI=1S/C16H25ClN2/c1-3-13-6-5-9-19(11-13)16-14(10-12(2)18)7-4-8-15(16)17/h4,7-8,12-13H,3,5-6,9-11,18H2,1-2H3. The van der Waals surface area contributed by atoms with Gasteiger partial charge in [-0.25, -0.2) is 0 Å². The summed E-state index contributed by atoms with van der Waals surface area (Å²) in [5.74, 6) is 0.799. The molecule has 1 heterocycles. The van der Waals surface area contributed by atoms with E-state index in [2.05, 4.69) is 24.8 Å². The van der Waals surface area contributed by atoms with Crippen molar-refractivity contribution in [3.63, 3.8) is 0 Å². The highest BCUT2D eigenvalue weighted by atomic mass is 35.5. The van der Waals surface area contributed by atoms with Gasteiger partial charge in [0.2, 0.25) is 0 Å². The lowest BCUT2D eigenvalue weighted by Crippen LogP contribution is -2.36. The minimum atomic E-state index is 0.170. The summed E-state index contributed by atoms with van der Waals surface area (Å²) in [6.45, 7) is 6.58. The van der Waals surface area contributed by atoms with Gasteiger partial charge in [-0.2, -0.15) is 0 Å². The molecule has 1 aliphatic rings. The lowest BCUT2D eigenvalue weighted by Gasteiger charge is -2.36. The van der Waals surface area contributed by atoms with Crippen molar-refractivity contribution < 1.29 is 0 Å². The van der Waals surface area contributed by atoms with E-state index in [-0.39, 0.29) is 6.04 Å². The summed E-state index contributed by atoms with van der Waals surface area (Å²) in [5.41, 5.74) is 8.48. The number of rotatable bonds is 4. The predicted molar refractivity (Wildman–Crippen MR) is 84.0 cm³/mol. The van der Waals surface area contributed by atoms with Crippen molar-refractivity contribution in [3.8, 4) is 0 Å². The first-order chi connectivity index (χ1) is 9.11. The summed E-state index contributed by atoms with van der Waals surface area (Å²) in [5, 5.41) is 0.870. The number of nitrogens with zero attached hydrogens (tertiary/aromatic N) is 1. The molecule has 2 atom stereocenters. The van der Waals surface area contributed by atoms with Crippen LogP contribution in [-0.2, 0) is 6.42 Å². The molecule has 19 heavy (non-hydrogen) atoms. The summed E-state index contributed by atoms with van der Waals surface area (Å²) < 4.78 is 0. The van der Waals surface area contributed by atoms with Gasteiger partial charge in [-0.05, 0) is 43.7 Å². The van der Waals surface area contributed by atoms with Crippen LogP contribution in [0.3, 0.4) is 0 Å². The molecule has 0 spiro atoms. The van der Waals surface area contributed by atoms with Crippen LogP contribution in [0.1, 0.15) is 38.7 Å². The summed E-state index contributed by atoms with van der Waals surface area (Å²) in [6, 6.07) is 6.37. The van der Waals surface area contributed by atoms with Gasteiger partial charge < -0.3 is 10.6 Å².